The van der Waals surface area contributed by atoms with Crippen LogP contribution < -0.4 is 14.8 Å². The van der Waals surface area contributed by atoms with E-state index in [1.165, 1.54) is 7.11 Å². The lowest BCUT2D eigenvalue weighted by Gasteiger charge is -2.25. The van der Waals surface area contributed by atoms with Crippen molar-refractivity contribution >= 4 is 17.6 Å². The molecule has 2 rings (SSSR count). The molecule has 0 bridgehead atoms. The van der Waals surface area contributed by atoms with Crippen LogP contribution in [0, 0.1) is 11.8 Å². The lowest BCUT2D eigenvalue weighted by molar-refractivity contribution is -0.143. The average Bonchev–Trinajstić information content (AvgIpc) is 2.54. The van der Waals surface area contributed by atoms with Gasteiger partial charge in [-0.2, -0.15) is 0 Å². The van der Waals surface area contributed by atoms with E-state index in [2.05, 4.69) is 5.32 Å². The number of carbonyl (C=O) groups excluding carboxylic acids is 1. The van der Waals surface area contributed by atoms with Gasteiger partial charge in [0.2, 0.25) is 5.91 Å². The zero-order valence-electron chi connectivity index (χ0n) is 12.8. The monoisotopic (exact) mass is 307 g/mol. The van der Waals surface area contributed by atoms with Crippen molar-refractivity contribution in [3.63, 3.8) is 0 Å². The SMILES string of the molecule is COc1ccc(NC(=O)C2CCC(C(=O)O)CC2)cc1OC. The van der Waals surface area contributed by atoms with Crippen LogP contribution in [0.3, 0.4) is 0 Å². The van der Waals surface area contributed by atoms with Crippen LogP contribution in [0.2, 0.25) is 0 Å². The average molecular weight is 307 g/mol. The van der Waals surface area contributed by atoms with Crippen LogP contribution >= 0.6 is 0 Å². The van der Waals surface area contributed by atoms with Crippen LogP contribution in [0.15, 0.2) is 18.2 Å². The first-order chi connectivity index (χ1) is 10.5. The molecule has 1 saturated carbocycles. The van der Waals surface area contributed by atoms with Gasteiger partial charge in [-0.15, -0.1) is 0 Å². The molecule has 0 heterocycles. The fraction of sp³-hybridized carbons (Fsp3) is 0.500. The van der Waals surface area contributed by atoms with E-state index < -0.39 is 5.97 Å². The van der Waals surface area contributed by atoms with Gasteiger partial charge in [-0.05, 0) is 37.8 Å². The summed E-state index contributed by atoms with van der Waals surface area (Å²) in [6.07, 6.45) is 2.32. The van der Waals surface area contributed by atoms with Gasteiger partial charge in [0.15, 0.2) is 11.5 Å². The fourth-order valence-electron chi connectivity index (χ4n) is 2.76. The number of carboxylic acid groups (broad SMARTS) is 1. The minimum Gasteiger partial charge on any atom is -0.493 e. The lowest BCUT2D eigenvalue weighted by atomic mass is 9.81. The molecule has 0 atom stereocenters. The minimum absolute atomic E-state index is 0.0731. The molecule has 6 nitrogen and oxygen atoms in total. The van der Waals surface area contributed by atoms with E-state index in [9.17, 15) is 9.59 Å². The normalized spacial score (nSPS) is 21.0. The highest BCUT2D eigenvalue weighted by Gasteiger charge is 2.29. The molecule has 6 heteroatoms. The number of hydrogen-bond donors (Lipinski definition) is 2. The minimum atomic E-state index is -0.765. The second-order valence-corrected chi connectivity index (χ2v) is 5.45. The molecule has 0 radical (unpaired) electrons. The van der Waals surface area contributed by atoms with Crippen molar-refractivity contribution < 1.29 is 24.2 Å². The smallest absolute Gasteiger partial charge is 0.306 e. The van der Waals surface area contributed by atoms with Gasteiger partial charge >= 0.3 is 5.97 Å². The number of rotatable bonds is 5. The molecule has 2 N–H and O–H groups in total. The summed E-state index contributed by atoms with van der Waals surface area (Å²) in [5.41, 5.74) is 0.642. The van der Waals surface area contributed by atoms with Crippen LogP contribution in [-0.4, -0.2) is 31.2 Å². The maximum atomic E-state index is 12.3. The van der Waals surface area contributed by atoms with Crippen molar-refractivity contribution in [2.75, 3.05) is 19.5 Å². The lowest BCUT2D eigenvalue weighted by Crippen LogP contribution is -2.29. The Balaban J connectivity index is 1.96. The molecule has 1 aromatic carbocycles. The molecule has 1 fully saturated rings. The van der Waals surface area contributed by atoms with Crippen LogP contribution in [0.25, 0.3) is 0 Å². The topological polar surface area (TPSA) is 84.9 Å². The van der Waals surface area contributed by atoms with Gasteiger partial charge in [0.1, 0.15) is 0 Å². The third kappa shape index (κ3) is 3.69. The maximum absolute atomic E-state index is 12.3. The molecule has 1 aliphatic rings. The molecule has 0 aliphatic heterocycles. The van der Waals surface area contributed by atoms with Crippen molar-refractivity contribution in [3.05, 3.63) is 18.2 Å². The number of methoxy groups -OCH3 is 2. The number of ether oxygens (including phenoxy) is 2. The molecule has 0 spiro atoms. The van der Waals surface area contributed by atoms with Crippen molar-refractivity contribution in [3.8, 4) is 11.5 Å². The number of aliphatic carboxylic acids is 1. The van der Waals surface area contributed by atoms with E-state index in [0.717, 1.165) is 0 Å². The maximum Gasteiger partial charge on any atom is 0.306 e. The van der Waals surface area contributed by atoms with Crippen molar-refractivity contribution in [1.82, 2.24) is 0 Å². The van der Waals surface area contributed by atoms with Crippen LogP contribution in [0.1, 0.15) is 25.7 Å². The molecule has 1 aliphatic carbocycles. The van der Waals surface area contributed by atoms with E-state index in [1.807, 2.05) is 0 Å². The number of anilines is 1. The number of amides is 1. The first kappa shape index (κ1) is 16.1. The van der Waals surface area contributed by atoms with Crippen LogP contribution in [0.4, 0.5) is 5.69 Å². The summed E-state index contributed by atoms with van der Waals surface area (Å²) < 4.78 is 10.4. The molecule has 0 unspecified atom stereocenters. The summed E-state index contributed by atoms with van der Waals surface area (Å²) in [5.74, 6) is -0.138. The molecule has 1 amide bonds. The van der Waals surface area contributed by atoms with E-state index in [0.29, 0.717) is 42.9 Å². The van der Waals surface area contributed by atoms with E-state index in [-0.39, 0.29) is 17.7 Å². The first-order valence-electron chi connectivity index (χ1n) is 7.30. The predicted molar refractivity (Wildman–Crippen MR) is 81.3 cm³/mol. The predicted octanol–water partition coefficient (Wildman–Crippen LogP) is 2.53. The largest absolute Gasteiger partial charge is 0.493 e. The Morgan fingerprint density at radius 2 is 1.64 bits per heavy atom. The van der Waals surface area contributed by atoms with Gasteiger partial charge in [0.05, 0.1) is 20.1 Å². The molecular weight excluding hydrogens is 286 g/mol. The third-order valence-corrected chi connectivity index (χ3v) is 4.10. The zero-order chi connectivity index (χ0) is 16.1. The standard InChI is InChI=1S/C16H21NO5/c1-21-13-8-7-12(9-14(13)22-2)17-15(18)10-3-5-11(6-4-10)16(19)20/h7-11H,3-6H2,1-2H3,(H,17,18)(H,19,20). The van der Waals surface area contributed by atoms with Gasteiger partial charge in [-0.3, -0.25) is 9.59 Å². The van der Waals surface area contributed by atoms with Gasteiger partial charge < -0.3 is 19.9 Å². The number of nitrogens with one attached hydrogen (secondary N) is 1. The number of benzene rings is 1. The third-order valence-electron chi connectivity index (χ3n) is 4.10. The van der Waals surface area contributed by atoms with Gasteiger partial charge in [-0.1, -0.05) is 0 Å². The Morgan fingerprint density at radius 3 is 2.18 bits per heavy atom. The summed E-state index contributed by atoms with van der Waals surface area (Å²) >= 11 is 0. The van der Waals surface area contributed by atoms with Crippen LogP contribution in [-0.2, 0) is 9.59 Å². The summed E-state index contributed by atoms with van der Waals surface area (Å²) in [6.45, 7) is 0. The fourth-order valence-corrected chi connectivity index (χ4v) is 2.76. The van der Waals surface area contributed by atoms with Gasteiger partial charge in [0, 0.05) is 17.7 Å². The number of hydrogen-bond acceptors (Lipinski definition) is 4. The Kier molecular flexibility index (Phi) is 5.25. The molecule has 0 aromatic heterocycles. The highest BCUT2D eigenvalue weighted by molar-refractivity contribution is 5.93. The second kappa shape index (κ2) is 7.15. The molecule has 0 saturated heterocycles. The summed E-state index contributed by atoms with van der Waals surface area (Å²) in [5, 5.41) is 11.8. The molecule has 22 heavy (non-hydrogen) atoms. The van der Waals surface area contributed by atoms with E-state index in [4.69, 9.17) is 14.6 Å². The zero-order valence-corrected chi connectivity index (χ0v) is 12.8. The summed E-state index contributed by atoms with van der Waals surface area (Å²) in [7, 11) is 3.09. The molecule has 120 valence electrons. The number of carboxylic acids is 1. The Hall–Kier alpha value is -2.24. The first-order valence-corrected chi connectivity index (χ1v) is 7.30. The van der Waals surface area contributed by atoms with Crippen molar-refractivity contribution in [1.29, 1.82) is 0 Å². The molecule has 1 aromatic rings. The van der Waals surface area contributed by atoms with Crippen LogP contribution in [0.5, 0.6) is 11.5 Å². The summed E-state index contributed by atoms with van der Waals surface area (Å²) in [4.78, 5) is 23.2. The van der Waals surface area contributed by atoms with Crippen molar-refractivity contribution in [2.24, 2.45) is 11.8 Å². The van der Waals surface area contributed by atoms with E-state index >= 15 is 0 Å². The van der Waals surface area contributed by atoms with Gasteiger partial charge in [-0.25, -0.2) is 0 Å². The van der Waals surface area contributed by atoms with Crippen molar-refractivity contribution in [2.45, 2.75) is 25.7 Å². The quantitative estimate of drug-likeness (QED) is 0.873. The second-order valence-electron chi connectivity index (χ2n) is 5.45. The highest BCUT2D eigenvalue weighted by atomic mass is 16.5. The molecular formula is C16H21NO5. The summed E-state index contributed by atoms with van der Waals surface area (Å²) in [6, 6.07) is 5.19. The Bertz CT molecular complexity index is 549. The number of carbonyl (C=O) groups is 2. The Morgan fingerprint density at radius 1 is 1.05 bits per heavy atom. The van der Waals surface area contributed by atoms with E-state index in [1.54, 1.807) is 25.3 Å². The Labute approximate surface area is 129 Å². The van der Waals surface area contributed by atoms with Gasteiger partial charge in [0.25, 0.3) is 0 Å². The highest BCUT2D eigenvalue weighted by Crippen LogP contribution is 2.32.